The van der Waals surface area contributed by atoms with Gasteiger partial charge in [-0.1, -0.05) is 18.2 Å². The van der Waals surface area contributed by atoms with E-state index >= 15 is 0 Å². The fourth-order valence-electron chi connectivity index (χ4n) is 2.79. The molecule has 9 heteroatoms. The number of amides is 1. The Hall–Kier alpha value is -3.88. The highest BCUT2D eigenvalue weighted by Crippen LogP contribution is 2.27. The lowest BCUT2D eigenvalue weighted by molar-refractivity contribution is -0.121. The zero-order chi connectivity index (χ0) is 22.1. The minimum Gasteiger partial charge on any atom is -0.497 e. The van der Waals surface area contributed by atoms with E-state index in [1.165, 1.54) is 14.2 Å². The first kappa shape index (κ1) is 21.8. The summed E-state index contributed by atoms with van der Waals surface area (Å²) in [6, 6.07) is 14.5. The number of ether oxygens (including phenoxy) is 3. The molecule has 0 atom stereocenters. The van der Waals surface area contributed by atoms with Gasteiger partial charge in [0.25, 0.3) is 5.56 Å². The van der Waals surface area contributed by atoms with Crippen LogP contribution >= 0.6 is 0 Å². The van der Waals surface area contributed by atoms with Crippen LogP contribution < -0.4 is 25.1 Å². The quantitative estimate of drug-likeness (QED) is 0.478. The zero-order valence-electron chi connectivity index (χ0n) is 17.4. The van der Waals surface area contributed by atoms with E-state index in [-0.39, 0.29) is 30.3 Å². The van der Waals surface area contributed by atoms with Crippen molar-refractivity contribution in [2.45, 2.75) is 12.8 Å². The van der Waals surface area contributed by atoms with Gasteiger partial charge in [-0.2, -0.15) is 0 Å². The molecule has 1 aromatic heterocycles. The van der Waals surface area contributed by atoms with Crippen LogP contribution in [0.2, 0.25) is 0 Å². The van der Waals surface area contributed by atoms with Gasteiger partial charge in [0, 0.05) is 24.5 Å². The number of nitrogens with zero attached hydrogens (tertiary/aromatic N) is 2. The van der Waals surface area contributed by atoms with Crippen molar-refractivity contribution in [2.24, 2.45) is 0 Å². The predicted octanol–water partition coefficient (Wildman–Crippen LogP) is 1.98. The lowest BCUT2D eigenvalue weighted by atomic mass is 10.2. The molecule has 0 fully saturated rings. The van der Waals surface area contributed by atoms with E-state index in [0.717, 1.165) is 5.75 Å². The van der Waals surface area contributed by atoms with Gasteiger partial charge >= 0.3 is 0 Å². The maximum atomic E-state index is 12.4. The molecular formula is C22H24N4O5. The van der Waals surface area contributed by atoms with Crippen molar-refractivity contribution in [1.82, 2.24) is 20.5 Å². The lowest BCUT2D eigenvalue weighted by Crippen LogP contribution is -2.29. The number of nitrogens with one attached hydrogen (secondary N) is 2. The highest BCUT2D eigenvalue weighted by Gasteiger charge is 2.11. The van der Waals surface area contributed by atoms with Crippen LogP contribution in [-0.2, 0) is 11.2 Å². The van der Waals surface area contributed by atoms with E-state index in [1.54, 1.807) is 18.2 Å². The number of aromatic nitrogens is 3. The number of para-hydroxylation sites is 1. The Morgan fingerprint density at radius 2 is 1.71 bits per heavy atom. The van der Waals surface area contributed by atoms with Crippen molar-refractivity contribution in [2.75, 3.05) is 27.4 Å². The molecule has 0 aliphatic carbocycles. The fourth-order valence-corrected chi connectivity index (χ4v) is 2.79. The average Bonchev–Trinajstić information content (AvgIpc) is 2.81. The topological polar surface area (TPSA) is 115 Å². The van der Waals surface area contributed by atoms with Gasteiger partial charge in [-0.05, 0) is 24.3 Å². The van der Waals surface area contributed by atoms with Crippen LogP contribution in [0.15, 0.2) is 53.3 Å². The molecule has 0 spiro atoms. The minimum atomic E-state index is -0.396. The van der Waals surface area contributed by atoms with E-state index in [0.29, 0.717) is 30.2 Å². The van der Waals surface area contributed by atoms with Crippen molar-refractivity contribution in [3.05, 3.63) is 64.6 Å². The smallest absolute Gasteiger partial charge is 0.273 e. The molecule has 9 nitrogen and oxygen atoms in total. The summed E-state index contributed by atoms with van der Waals surface area (Å²) in [6.45, 7) is 0.723. The summed E-state index contributed by atoms with van der Waals surface area (Å²) in [4.78, 5) is 27.1. The normalized spacial score (nSPS) is 10.4. The maximum Gasteiger partial charge on any atom is 0.273 e. The molecule has 0 aliphatic rings. The second-order valence-electron chi connectivity index (χ2n) is 6.56. The van der Waals surface area contributed by atoms with Gasteiger partial charge in [0.1, 0.15) is 29.5 Å². The highest BCUT2D eigenvalue weighted by atomic mass is 16.5. The van der Waals surface area contributed by atoms with Crippen LogP contribution in [0.1, 0.15) is 12.1 Å². The summed E-state index contributed by atoms with van der Waals surface area (Å²) in [7, 11) is 3.07. The zero-order valence-corrected chi connectivity index (χ0v) is 17.4. The number of H-pyrrole nitrogens is 1. The van der Waals surface area contributed by atoms with E-state index in [4.69, 9.17) is 14.2 Å². The molecule has 0 saturated heterocycles. The van der Waals surface area contributed by atoms with Crippen molar-refractivity contribution in [1.29, 1.82) is 0 Å². The standard InChI is InChI=1S/C22H24N4O5/c1-29-17-12-15(13-18(14-17)30-2)21-24-22(28)19(25-26-21)8-9-20(27)23-10-11-31-16-6-4-3-5-7-16/h3-7,12-14H,8-11H2,1-2H3,(H,23,27)(H,24,26,28). The first-order valence-electron chi connectivity index (χ1n) is 9.73. The van der Waals surface area contributed by atoms with Gasteiger partial charge in [0.15, 0.2) is 5.82 Å². The average molecular weight is 424 g/mol. The third kappa shape index (κ3) is 6.30. The monoisotopic (exact) mass is 424 g/mol. The Morgan fingerprint density at radius 1 is 1.00 bits per heavy atom. The number of aromatic amines is 1. The third-order valence-corrected chi connectivity index (χ3v) is 4.41. The van der Waals surface area contributed by atoms with Crippen LogP contribution in [0.4, 0.5) is 0 Å². The number of carbonyl (C=O) groups excluding carboxylic acids is 1. The molecule has 1 amide bonds. The molecule has 2 aromatic carbocycles. The molecule has 0 aliphatic heterocycles. The number of carbonyl (C=O) groups is 1. The number of hydrogen-bond acceptors (Lipinski definition) is 7. The highest BCUT2D eigenvalue weighted by molar-refractivity contribution is 5.76. The first-order valence-corrected chi connectivity index (χ1v) is 9.73. The number of benzene rings is 2. The van der Waals surface area contributed by atoms with Crippen LogP contribution in [0, 0.1) is 0 Å². The van der Waals surface area contributed by atoms with E-state index in [9.17, 15) is 9.59 Å². The summed E-state index contributed by atoms with van der Waals surface area (Å²) in [5, 5.41) is 10.8. The number of hydrogen-bond donors (Lipinski definition) is 2. The fraction of sp³-hybridized carbons (Fsp3) is 0.273. The molecular weight excluding hydrogens is 400 g/mol. The van der Waals surface area contributed by atoms with E-state index in [2.05, 4.69) is 20.5 Å². The van der Waals surface area contributed by atoms with Gasteiger partial charge in [0.2, 0.25) is 5.91 Å². The summed E-state index contributed by atoms with van der Waals surface area (Å²) < 4.78 is 16.0. The van der Waals surface area contributed by atoms with Crippen LogP contribution in [0.5, 0.6) is 17.2 Å². The van der Waals surface area contributed by atoms with Crippen LogP contribution in [0.25, 0.3) is 11.4 Å². The molecule has 0 unspecified atom stereocenters. The SMILES string of the molecule is COc1cc(OC)cc(-c2nnc(CCC(=O)NCCOc3ccccc3)c(=O)[nH]2)c1. The van der Waals surface area contributed by atoms with Crippen molar-refractivity contribution in [3.63, 3.8) is 0 Å². The van der Waals surface area contributed by atoms with Crippen molar-refractivity contribution in [3.8, 4) is 28.6 Å². The van der Waals surface area contributed by atoms with Gasteiger partial charge in [0.05, 0.1) is 20.8 Å². The molecule has 3 rings (SSSR count). The number of rotatable bonds is 10. The Balaban J connectivity index is 1.52. The van der Waals surface area contributed by atoms with Gasteiger partial charge in [-0.25, -0.2) is 0 Å². The van der Waals surface area contributed by atoms with Crippen molar-refractivity contribution < 1.29 is 19.0 Å². The van der Waals surface area contributed by atoms with Crippen LogP contribution in [-0.4, -0.2) is 48.5 Å². The second kappa shape index (κ2) is 10.8. The Kier molecular flexibility index (Phi) is 7.58. The molecule has 31 heavy (non-hydrogen) atoms. The van der Waals surface area contributed by atoms with Crippen molar-refractivity contribution >= 4 is 5.91 Å². The number of methoxy groups -OCH3 is 2. The lowest BCUT2D eigenvalue weighted by Gasteiger charge is -2.08. The second-order valence-corrected chi connectivity index (χ2v) is 6.56. The Morgan fingerprint density at radius 3 is 2.35 bits per heavy atom. The molecule has 1 heterocycles. The summed E-state index contributed by atoms with van der Waals surface area (Å²) in [5.74, 6) is 1.96. The summed E-state index contributed by atoms with van der Waals surface area (Å²) >= 11 is 0. The molecule has 162 valence electrons. The first-order chi connectivity index (χ1) is 15.1. The van der Waals surface area contributed by atoms with E-state index in [1.807, 2.05) is 30.3 Å². The van der Waals surface area contributed by atoms with Crippen LogP contribution in [0.3, 0.4) is 0 Å². The van der Waals surface area contributed by atoms with Gasteiger partial charge in [-0.15, -0.1) is 10.2 Å². The maximum absolute atomic E-state index is 12.4. The number of aryl methyl sites for hydroxylation is 1. The molecule has 2 N–H and O–H groups in total. The summed E-state index contributed by atoms with van der Waals surface area (Å²) in [6.07, 6.45) is 0.296. The third-order valence-electron chi connectivity index (χ3n) is 4.41. The molecule has 0 bridgehead atoms. The predicted molar refractivity (Wildman–Crippen MR) is 114 cm³/mol. The van der Waals surface area contributed by atoms with E-state index < -0.39 is 5.56 Å². The Labute approximate surface area is 179 Å². The minimum absolute atomic E-state index is 0.120. The molecule has 3 aromatic rings. The molecule has 0 saturated carbocycles. The van der Waals surface area contributed by atoms with Gasteiger partial charge in [-0.3, -0.25) is 9.59 Å². The largest absolute Gasteiger partial charge is 0.497 e. The summed E-state index contributed by atoms with van der Waals surface area (Å²) in [5.41, 5.74) is 0.393. The van der Waals surface area contributed by atoms with Gasteiger partial charge < -0.3 is 24.5 Å². The Bertz CT molecular complexity index is 1050. The molecule has 0 radical (unpaired) electrons.